The number of amides is 1. The SMILES string of the molecule is O=C(CC(NCCOCCO)C(=O)O)Nc1ccc(Br)cc1. The van der Waals surface area contributed by atoms with Gasteiger partial charge in [0.15, 0.2) is 0 Å². The third kappa shape index (κ3) is 7.51. The smallest absolute Gasteiger partial charge is 0.321 e. The zero-order valence-corrected chi connectivity index (χ0v) is 13.5. The fourth-order valence-corrected chi connectivity index (χ4v) is 1.91. The van der Waals surface area contributed by atoms with Gasteiger partial charge in [-0.2, -0.15) is 0 Å². The number of rotatable bonds is 10. The van der Waals surface area contributed by atoms with Gasteiger partial charge in [0.05, 0.1) is 26.2 Å². The maximum absolute atomic E-state index is 11.9. The molecule has 0 fully saturated rings. The first-order chi connectivity index (χ1) is 10.5. The van der Waals surface area contributed by atoms with Crippen molar-refractivity contribution in [2.75, 3.05) is 31.7 Å². The summed E-state index contributed by atoms with van der Waals surface area (Å²) in [4.78, 5) is 23.0. The Morgan fingerprint density at radius 2 is 1.91 bits per heavy atom. The normalized spacial score (nSPS) is 11.9. The van der Waals surface area contributed by atoms with Crippen LogP contribution in [0.15, 0.2) is 28.7 Å². The minimum atomic E-state index is -1.10. The second kappa shape index (κ2) is 10.3. The summed E-state index contributed by atoms with van der Waals surface area (Å²) in [6.45, 7) is 0.655. The van der Waals surface area contributed by atoms with Crippen LogP contribution in [0, 0.1) is 0 Å². The molecule has 1 rings (SSSR count). The van der Waals surface area contributed by atoms with Crippen molar-refractivity contribution in [1.29, 1.82) is 0 Å². The number of hydrogen-bond donors (Lipinski definition) is 4. The predicted octanol–water partition coefficient (Wildman–Crippen LogP) is 0.829. The van der Waals surface area contributed by atoms with Gasteiger partial charge in [-0.3, -0.25) is 9.59 Å². The van der Waals surface area contributed by atoms with Crippen LogP contribution in [0.4, 0.5) is 5.69 Å². The van der Waals surface area contributed by atoms with Crippen molar-refractivity contribution in [1.82, 2.24) is 5.32 Å². The van der Waals surface area contributed by atoms with Gasteiger partial charge < -0.3 is 25.6 Å². The van der Waals surface area contributed by atoms with Crippen LogP contribution in [0.25, 0.3) is 0 Å². The van der Waals surface area contributed by atoms with Crippen molar-refractivity contribution in [2.45, 2.75) is 12.5 Å². The van der Waals surface area contributed by atoms with Gasteiger partial charge in [-0.25, -0.2) is 0 Å². The molecule has 0 aliphatic carbocycles. The summed E-state index contributed by atoms with van der Waals surface area (Å²) in [6, 6.07) is 6.00. The molecule has 1 unspecified atom stereocenters. The summed E-state index contributed by atoms with van der Waals surface area (Å²) in [5, 5.41) is 23.0. The van der Waals surface area contributed by atoms with Crippen molar-refractivity contribution in [3.63, 3.8) is 0 Å². The zero-order valence-electron chi connectivity index (χ0n) is 11.9. The molecule has 0 aromatic heterocycles. The lowest BCUT2D eigenvalue weighted by molar-refractivity contribution is -0.141. The van der Waals surface area contributed by atoms with Crippen LogP contribution in [-0.4, -0.2) is 54.5 Å². The average molecular weight is 375 g/mol. The van der Waals surface area contributed by atoms with E-state index in [1.807, 2.05) is 0 Å². The fourth-order valence-electron chi connectivity index (χ4n) is 1.65. The Bertz CT molecular complexity index is 481. The summed E-state index contributed by atoms with van der Waals surface area (Å²) in [5.41, 5.74) is 0.601. The molecule has 0 aliphatic rings. The van der Waals surface area contributed by atoms with Gasteiger partial charge in [0.1, 0.15) is 6.04 Å². The first kappa shape index (κ1) is 18.6. The van der Waals surface area contributed by atoms with E-state index in [4.69, 9.17) is 14.9 Å². The minimum Gasteiger partial charge on any atom is -0.480 e. The molecule has 0 saturated heterocycles. The monoisotopic (exact) mass is 374 g/mol. The molecule has 22 heavy (non-hydrogen) atoms. The van der Waals surface area contributed by atoms with Gasteiger partial charge in [0, 0.05) is 16.7 Å². The number of hydrogen-bond acceptors (Lipinski definition) is 5. The number of carbonyl (C=O) groups is 2. The Kier molecular flexibility index (Phi) is 8.68. The molecule has 8 heteroatoms. The fraction of sp³-hybridized carbons (Fsp3) is 0.429. The van der Waals surface area contributed by atoms with Crippen molar-refractivity contribution in [3.8, 4) is 0 Å². The number of carboxylic acids is 1. The quantitative estimate of drug-likeness (QED) is 0.451. The molecule has 0 aliphatic heterocycles. The molecular formula is C14H19BrN2O5. The third-order valence-electron chi connectivity index (χ3n) is 2.69. The molecule has 0 heterocycles. The molecule has 122 valence electrons. The van der Waals surface area contributed by atoms with E-state index in [1.54, 1.807) is 24.3 Å². The Hall–Kier alpha value is -1.48. The molecule has 0 saturated carbocycles. The Morgan fingerprint density at radius 1 is 1.23 bits per heavy atom. The summed E-state index contributed by atoms with van der Waals surface area (Å²) in [7, 11) is 0. The third-order valence-corrected chi connectivity index (χ3v) is 3.22. The highest BCUT2D eigenvalue weighted by Gasteiger charge is 2.20. The number of aliphatic hydroxyl groups is 1. The molecule has 0 bridgehead atoms. The number of nitrogens with one attached hydrogen (secondary N) is 2. The van der Waals surface area contributed by atoms with Crippen LogP contribution in [0.1, 0.15) is 6.42 Å². The Morgan fingerprint density at radius 3 is 2.50 bits per heavy atom. The molecule has 1 aromatic carbocycles. The topological polar surface area (TPSA) is 108 Å². The summed E-state index contributed by atoms with van der Waals surface area (Å²) >= 11 is 3.29. The molecule has 1 aromatic rings. The number of aliphatic carboxylic acids is 1. The summed E-state index contributed by atoms with van der Waals surface area (Å²) < 4.78 is 5.90. The summed E-state index contributed by atoms with van der Waals surface area (Å²) in [5.74, 6) is -1.49. The maximum Gasteiger partial charge on any atom is 0.321 e. The number of ether oxygens (including phenoxy) is 1. The standard InChI is InChI=1S/C14H19BrN2O5/c15-10-1-3-11(4-2-10)17-13(19)9-12(14(20)21)16-5-7-22-8-6-18/h1-4,12,16,18H,5-9H2,(H,17,19)(H,20,21). The number of benzene rings is 1. The lowest BCUT2D eigenvalue weighted by Crippen LogP contribution is -2.41. The van der Waals surface area contributed by atoms with Gasteiger partial charge >= 0.3 is 5.97 Å². The van der Waals surface area contributed by atoms with E-state index in [-0.39, 0.29) is 32.8 Å². The highest BCUT2D eigenvalue weighted by atomic mass is 79.9. The van der Waals surface area contributed by atoms with Crippen molar-refractivity contribution in [2.24, 2.45) is 0 Å². The van der Waals surface area contributed by atoms with Gasteiger partial charge in [0.25, 0.3) is 0 Å². The van der Waals surface area contributed by atoms with E-state index in [9.17, 15) is 9.59 Å². The zero-order chi connectivity index (χ0) is 16.4. The molecular weight excluding hydrogens is 356 g/mol. The first-order valence-corrected chi connectivity index (χ1v) is 7.52. The number of carboxylic acid groups (broad SMARTS) is 1. The van der Waals surface area contributed by atoms with Crippen LogP contribution < -0.4 is 10.6 Å². The summed E-state index contributed by atoms with van der Waals surface area (Å²) in [6.07, 6.45) is -0.189. The highest BCUT2D eigenvalue weighted by Crippen LogP contribution is 2.14. The van der Waals surface area contributed by atoms with E-state index in [1.165, 1.54) is 0 Å². The highest BCUT2D eigenvalue weighted by molar-refractivity contribution is 9.10. The van der Waals surface area contributed by atoms with Gasteiger partial charge in [-0.15, -0.1) is 0 Å². The molecule has 0 radical (unpaired) electrons. The lowest BCUT2D eigenvalue weighted by Gasteiger charge is -2.14. The number of anilines is 1. The van der Waals surface area contributed by atoms with E-state index in [0.29, 0.717) is 5.69 Å². The van der Waals surface area contributed by atoms with Crippen molar-refractivity contribution < 1.29 is 24.5 Å². The van der Waals surface area contributed by atoms with Crippen LogP contribution >= 0.6 is 15.9 Å². The van der Waals surface area contributed by atoms with Gasteiger partial charge in [-0.1, -0.05) is 15.9 Å². The minimum absolute atomic E-state index is 0.0854. The predicted molar refractivity (Wildman–Crippen MR) is 84.7 cm³/mol. The van der Waals surface area contributed by atoms with E-state index < -0.39 is 17.9 Å². The number of aliphatic hydroxyl groups excluding tert-OH is 1. The van der Waals surface area contributed by atoms with Crippen molar-refractivity contribution >= 4 is 33.5 Å². The molecule has 1 atom stereocenters. The van der Waals surface area contributed by atoms with E-state index >= 15 is 0 Å². The lowest BCUT2D eigenvalue weighted by atomic mass is 10.2. The average Bonchev–Trinajstić information content (AvgIpc) is 2.48. The Balaban J connectivity index is 2.39. The van der Waals surface area contributed by atoms with Gasteiger partial charge in [-0.05, 0) is 24.3 Å². The van der Waals surface area contributed by atoms with Crippen LogP contribution in [0.2, 0.25) is 0 Å². The van der Waals surface area contributed by atoms with E-state index in [2.05, 4.69) is 26.6 Å². The molecule has 0 spiro atoms. The molecule has 4 N–H and O–H groups in total. The molecule has 1 amide bonds. The van der Waals surface area contributed by atoms with E-state index in [0.717, 1.165) is 4.47 Å². The van der Waals surface area contributed by atoms with Gasteiger partial charge in [0.2, 0.25) is 5.91 Å². The first-order valence-electron chi connectivity index (χ1n) is 6.73. The number of carbonyl (C=O) groups excluding carboxylic acids is 1. The second-order valence-electron chi connectivity index (χ2n) is 4.44. The Labute approximate surface area is 136 Å². The number of halogens is 1. The second-order valence-corrected chi connectivity index (χ2v) is 5.36. The molecule has 7 nitrogen and oxygen atoms in total. The maximum atomic E-state index is 11.9. The van der Waals surface area contributed by atoms with Crippen LogP contribution in [0.3, 0.4) is 0 Å². The van der Waals surface area contributed by atoms with Crippen LogP contribution in [-0.2, 0) is 14.3 Å². The van der Waals surface area contributed by atoms with Crippen molar-refractivity contribution in [3.05, 3.63) is 28.7 Å². The largest absolute Gasteiger partial charge is 0.480 e. The van der Waals surface area contributed by atoms with Crippen LogP contribution in [0.5, 0.6) is 0 Å².